The van der Waals surface area contributed by atoms with Crippen molar-refractivity contribution in [3.05, 3.63) is 0 Å². The van der Waals surface area contributed by atoms with Crippen LogP contribution in [0.3, 0.4) is 0 Å². The van der Waals surface area contributed by atoms with Gasteiger partial charge in [0.05, 0.1) is 0 Å². The smallest absolute Gasteiger partial charge is 0.0654 e. The van der Waals surface area contributed by atoms with Crippen molar-refractivity contribution in [1.82, 2.24) is 0 Å². The van der Waals surface area contributed by atoms with E-state index in [0.29, 0.717) is 0 Å². The molecule has 58 valence electrons. The maximum absolute atomic E-state index is 2.18. The van der Waals surface area contributed by atoms with Crippen molar-refractivity contribution in [2.24, 2.45) is 0 Å². The minimum Gasteiger partial charge on any atom is -0.0654 e. The maximum atomic E-state index is 2.18. The summed E-state index contributed by atoms with van der Waals surface area (Å²) >= 11 is 0. The Morgan fingerprint density at radius 3 is 0.700 bits per heavy atom. The molecule has 0 rings (SSSR count). The zero-order valence-electron chi connectivity index (χ0n) is 7.54. The van der Waals surface area contributed by atoms with Crippen molar-refractivity contribution >= 4 is 23.1 Å². The summed E-state index contributed by atoms with van der Waals surface area (Å²) < 4.78 is 0. The Bertz CT molecular complexity index is 17.2. The van der Waals surface area contributed by atoms with Crippen LogP contribution in [0, 0.1) is 0 Å². The van der Waals surface area contributed by atoms with E-state index in [0.717, 1.165) is 0 Å². The quantitative estimate of drug-likeness (QED) is 0.612. The molecule has 0 aliphatic heterocycles. The van der Waals surface area contributed by atoms with Gasteiger partial charge in [-0.15, -0.1) is 0 Å². The second kappa shape index (κ2) is 31.5. The molecule has 2 heteroatoms. The zero-order chi connectivity index (χ0) is 6.83. The molecular weight excluding hydrogens is 186 g/mol. The Morgan fingerprint density at radius 1 is 0.600 bits per heavy atom. The average molecular weight is 208 g/mol. The summed E-state index contributed by atoms with van der Waals surface area (Å²) in [7, 11) is 0. The molecule has 0 aliphatic rings. The van der Waals surface area contributed by atoms with E-state index < -0.39 is 0 Å². The van der Waals surface area contributed by atoms with Crippen LogP contribution in [0.5, 0.6) is 0 Å². The SMILES string of the molecule is CCCC.CCCC.[MgH2].[Zn]. The van der Waals surface area contributed by atoms with Gasteiger partial charge in [0.25, 0.3) is 0 Å². The molecule has 0 aromatic heterocycles. The second-order valence-electron chi connectivity index (χ2n) is 2.00. The molecule has 0 heterocycles. The molecular formula is C8H22MgZn. The minimum absolute atomic E-state index is 0. The van der Waals surface area contributed by atoms with Gasteiger partial charge < -0.3 is 0 Å². The molecule has 0 aromatic rings. The van der Waals surface area contributed by atoms with Crippen molar-refractivity contribution in [2.45, 2.75) is 53.4 Å². The fourth-order valence-electron chi connectivity index (χ4n) is 0. The predicted molar refractivity (Wildman–Crippen MR) is 49.7 cm³/mol. The molecule has 0 fully saturated rings. The van der Waals surface area contributed by atoms with Crippen LogP contribution >= 0.6 is 0 Å². The van der Waals surface area contributed by atoms with Gasteiger partial charge in [-0.2, -0.15) is 0 Å². The monoisotopic (exact) mass is 206 g/mol. The van der Waals surface area contributed by atoms with E-state index >= 15 is 0 Å². The van der Waals surface area contributed by atoms with E-state index in [1.54, 1.807) is 0 Å². The Labute approximate surface area is 95.5 Å². The summed E-state index contributed by atoms with van der Waals surface area (Å²) in [5, 5.41) is 0. The van der Waals surface area contributed by atoms with Crippen LogP contribution in [0.1, 0.15) is 53.4 Å². The van der Waals surface area contributed by atoms with Crippen LogP contribution in [0.15, 0.2) is 0 Å². The third-order valence-corrected chi connectivity index (χ3v) is 1.000. The number of unbranched alkanes of at least 4 members (excludes halogenated alkanes) is 2. The van der Waals surface area contributed by atoms with E-state index in [9.17, 15) is 0 Å². The van der Waals surface area contributed by atoms with E-state index in [-0.39, 0.29) is 42.5 Å². The molecule has 0 radical (unpaired) electrons. The van der Waals surface area contributed by atoms with Gasteiger partial charge in [-0.25, -0.2) is 0 Å². The molecule has 0 spiro atoms. The summed E-state index contributed by atoms with van der Waals surface area (Å²) in [5.74, 6) is 0. The molecule has 10 heavy (non-hydrogen) atoms. The molecule has 0 nitrogen and oxygen atoms in total. The van der Waals surface area contributed by atoms with Crippen molar-refractivity contribution in [2.75, 3.05) is 0 Å². The molecule has 0 aromatic carbocycles. The summed E-state index contributed by atoms with van der Waals surface area (Å²) in [4.78, 5) is 0. The van der Waals surface area contributed by atoms with Gasteiger partial charge in [-0.1, -0.05) is 53.4 Å². The Morgan fingerprint density at radius 2 is 0.700 bits per heavy atom. The Kier molecular flexibility index (Phi) is 71.0. The Hall–Kier alpha value is 1.39. The first kappa shape index (κ1) is 22.5. The molecule has 0 aliphatic carbocycles. The van der Waals surface area contributed by atoms with Crippen molar-refractivity contribution < 1.29 is 19.5 Å². The zero-order valence-corrected chi connectivity index (χ0v) is 10.5. The fourth-order valence-corrected chi connectivity index (χ4v) is 0. The van der Waals surface area contributed by atoms with Crippen LogP contribution in [0.4, 0.5) is 0 Å². The molecule has 0 saturated carbocycles. The van der Waals surface area contributed by atoms with E-state index in [1.165, 1.54) is 25.7 Å². The number of rotatable bonds is 2. The topological polar surface area (TPSA) is 0 Å². The summed E-state index contributed by atoms with van der Waals surface area (Å²) in [6, 6.07) is 0. The number of hydrogen-bond acceptors (Lipinski definition) is 0. The normalized spacial score (nSPS) is 6.00. The molecule has 0 unspecified atom stereocenters. The summed E-state index contributed by atoms with van der Waals surface area (Å²) in [5.41, 5.74) is 0. The first-order chi connectivity index (χ1) is 3.83. The Balaban J connectivity index is -0.0000000300. The molecule has 0 amide bonds. The first-order valence-corrected chi connectivity index (χ1v) is 3.83. The van der Waals surface area contributed by atoms with Gasteiger partial charge in [0.1, 0.15) is 0 Å². The summed E-state index contributed by atoms with van der Waals surface area (Å²) in [6.45, 7) is 8.72. The van der Waals surface area contributed by atoms with Gasteiger partial charge in [0.15, 0.2) is 0 Å². The molecule has 0 N–H and O–H groups in total. The van der Waals surface area contributed by atoms with Crippen LogP contribution in [0.25, 0.3) is 0 Å². The average Bonchev–Trinajstić information content (AvgIpc) is 1.88. The molecule has 0 bridgehead atoms. The summed E-state index contributed by atoms with van der Waals surface area (Å²) in [6.07, 6.45) is 5.28. The van der Waals surface area contributed by atoms with Crippen molar-refractivity contribution in [1.29, 1.82) is 0 Å². The first-order valence-electron chi connectivity index (χ1n) is 3.83. The fraction of sp³-hybridized carbons (Fsp3) is 1.00. The van der Waals surface area contributed by atoms with Crippen molar-refractivity contribution in [3.63, 3.8) is 0 Å². The molecule has 0 atom stereocenters. The third kappa shape index (κ3) is 57.5. The van der Waals surface area contributed by atoms with Gasteiger partial charge >= 0.3 is 23.1 Å². The van der Waals surface area contributed by atoms with Gasteiger partial charge in [0, 0.05) is 19.5 Å². The van der Waals surface area contributed by atoms with E-state index in [1.807, 2.05) is 0 Å². The predicted octanol–water partition coefficient (Wildman–Crippen LogP) is 2.69. The third-order valence-electron chi connectivity index (χ3n) is 1.000. The van der Waals surface area contributed by atoms with Crippen LogP contribution in [-0.2, 0) is 19.5 Å². The van der Waals surface area contributed by atoms with Gasteiger partial charge in [0.2, 0.25) is 0 Å². The maximum Gasteiger partial charge on any atom is 0.316 e. The van der Waals surface area contributed by atoms with E-state index in [2.05, 4.69) is 27.7 Å². The molecule has 0 saturated heterocycles. The minimum atomic E-state index is 0. The van der Waals surface area contributed by atoms with Gasteiger partial charge in [-0.3, -0.25) is 0 Å². The van der Waals surface area contributed by atoms with Crippen LogP contribution in [0.2, 0.25) is 0 Å². The van der Waals surface area contributed by atoms with Gasteiger partial charge in [-0.05, 0) is 0 Å². The van der Waals surface area contributed by atoms with Crippen LogP contribution in [-0.4, -0.2) is 23.1 Å². The standard InChI is InChI=1S/2C4H10.Mg.Zn.2H/c2*1-3-4-2;;;;/h2*3-4H2,1-2H3;;;;. The van der Waals surface area contributed by atoms with Crippen molar-refractivity contribution in [3.8, 4) is 0 Å². The number of hydrogen-bond donors (Lipinski definition) is 0. The second-order valence-corrected chi connectivity index (χ2v) is 2.00. The van der Waals surface area contributed by atoms with E-state index in [4.69, 9.17) is 0 Å². The van der Waals surface area contributed by atoms with Crippen LogP contribution < -0.4 is 0 Å². The largest absolute Gasteiger partial charge is 0.316 e.